The van der Waals surface area contributed by atoms with Crippen LogP contribution >= 0.6 is 0 Å². The standard InChI is InChI=1S/C10H19NO2/c1-6-13-9(12)7(2)8(11)10(3,4)5/h6,11H2,1-5H3/b8-7-. The Hall–Kier alpha value is -0.990. The highest BCUT2D eigenvalue weighted by atomic mass is 16.5. The highest BCUT2D eigenvalue weighted by Crippen LogP contribution is 2.23. The molecule has 0 spiro atoms. The van der Waals surface area contributed by atoms with Gasteiger partial charge in [0.15, 0.2) is 0 Å². The van der Waals surface area contributed by atoms with Crippen LogP contribution in [0.3, 0.4) is 0 Å². The van der Waals surface area contributed by atoms with Gasteiger partial charge in [-0.2, -0.15) is 0 Å². The Morgan fingerprint density at radius 2 is 1.85 bits per heavy atom. The van der Waals surface area contributed by atoms with Gasteiger partial charge in [-0.3, -0.25) is 0 Å². The van der Waals surface area contributed by atoms with Crippen molar-refractivity contribution < 1.29 is 9.53 Å². The van der Waals surface area contributed by atoms with Crippen LogP contribution in [0.4, 0.5) is 0 Å². The maximum absolute atomic E-state index is 11.3. The van der Waals surface area contributed by atoms with Crippen molar-refractivity contribution in [2.75, 3.05) is 6.61 Å². The highest BCUT2D eigenvalue weighted by molar-refractivity contribution is 5.88. The molecule has 0 unspecified atom stereocenters. The van der Waals surface area contributed by atoms with E-state index in [0.29, 0.717) is 17.9 Å². The molecule has 2 N–H and O–H groups in total. The van der Waals surface area contributed by atoms with Crippen molar-refractivity contribution >= 4 is 5.97 Å². The molecule has 0 saturated heterocycles. The second-order valence-corrected chi connectivity index (χ2v) is 4.01. The van der Waals surface area contributed by atoms with E-state index in [4.69, 9.17) is 10.5 Å². The van der Waals surface area contributed by atoms with E-state index in [1.807, 2.05) is 20.8 Å². The monoisotopic (exact) mass is 185 g/mol. The quantitative estimate of drug-likeness (QED) is 0.527. The summed E-state index contributed by atoms with van der Waals surface area (Å²) in [6, 6.07) is 0. The predicted octanol–water partition coefficient (Wildman–Crippen LogP) is 1.83. The van der Waals surface area contributed by atoms with Crippen molar-refractivity contribution in [2.45, 2.75) is 34.6 Å². The van der Waals surface area contributed by atoms with Crippen molar-refractivity contribution in [3.8, 4) is 0 Å². The van der Waals surface area contributed by atoms with Crippen molar-refractivity contribution in [3.63, 3.8) is 0 Å². The van der Waals surface area contributed by atoms with Crippen LogP contribution in [0.25, 0.3) is 0 Å². The molecular formula is C10H19NO2. The number of hydrogen-bond donors (Lipinski definition) is 1. The average molecular weight is 185 g/mol. The van der Waals surface area contributed by atoms with Crippen LogP contribution in [0.15, 0.2) is 11.3 Å². The summed E-state index contributed by atoms with van der Waals surface area (Å²) in [5, 5.41) is 0. The van der Waals surface area contributed by atoms with Gasteiger partial charge in [0.1, 0.15) is 0 Å². The zero-order valence-corrected chi connectivity index (χ0v) is 9.10. The lowest BCUT2D eigenvalue weighted by Crippen LogP contribution is -2.22. The fourth-order valence-corrected chi connectivity index (χ4v) is 0.912. The first-order chi connectivity index (χ1) is 5.80. The molecule has 0 aliphatic heterocycles. The number of esters is 1. The molecule has 3 nitrogen and oxygen atoms in total. The minimum absolute atomic E-state index is 0.184. The third-order valence-corrected chi connectivity index (χ3v) is 1.79. The molecule has 0 rings (SSSR count). The number of ether oxygens (including phenoxy) is 1. The van der Waals surface area contributed by atoms with Gasteiger partial charge in [-0.05, 0) is 13.8 Å². The van der Waals surface area contributed by atoms with Gasteiger partial charge in [-0.1, -0.05) is 20.8 Å². The molecular weight excluding hydrogens is 166 g/mol. The first-order valence-corrected chi connectivity index (χ1v) is 4.44. The normalized spacial score (nSPS) is 13.6. The van der Waals surface area contributed by atoms with Gasteiger partial charge in [0.05, 0.1) is 12.2 Å². The molecule has 0 radical (unpaired) electrons. The summed E-state index contributed by atoms with van der Waals surface area (Å²) in [6.45, 7) is 9.74. The average Bonchev–Trinajstić information content (AvgIpc) is 2.00. The van der Waals surface area contributed by atoms with Gasteiger partial charge in [0.2, 0.25) is 0 Å². The fourth-order valence-electron chi connectivity index (χ4n) is 0.912. The van der Waals surface area contributed by atoms with E-state index < -0.39 is 0 Å². The largest absolute Gasteiger partial charge is 0.463 e. The molecule has 76 valence electrons. The van der Waals surface area contributed by atoms with E-state index in [9.17, 15) is 4.79 Å². The summed E-state index contributed by atoms with van der Waals surface area (Å²) in [4.78, 5) is 11.3. The molecule has 3 heteroatoms. The van der Waals surface area contributed by atoms with Crippen LogP contribution in [0.5, 0.6) is 0 Å². The SMILES string of the molecule is CCOC(=O)/C(C)=C(\N)C(C)(C)C. The summed E-state index contributed by atoms with van der Waals surface area (Å²) in [5.41, 5.74) is 6.72. The zero-order chi connectivity index (χ0) is 10.6. The molecule has 0 aliphatic rings. The summed E-state index contributed by atoms with van der Waals surface area (Å²) in [5.74, 6) is -0.324. The number of carbonyl (C=O) groups is 1. The number of allylic oxidation sites excluding steroid dienone is 1. The molecule has 0 fully saturated rings. The van der Waals surface area contributed by atoms with Crippen molar-refractivity contribution in [3.05, 3.63) is 11.3 Å². The van der Waals surface area contributed by atoms with Gasteiger partial charge in [-0.15, -0.1) is 0 Å². The molecule has 0 saturated carbocycles. The third kappa shape index (κ3) is 3.49. The number of rotatable bonds is 2. The molecule has 0 amide bonds. The second kappa shape index (κ2) is 4.30. The summed E-state index contributed by atoms with van der Waals surface area (Å²) >= 11 is 0. The van der Waals surface area contributed by atoms with Gasteiger partial charge in [0.25, 0.3) is 0 Å². The van der Waals surface area contributed by atoms with Gasteiger partial charge < -0.3 is 10.5 Å². The van der Waals surface area contributed by atoms with E-state index in [0.717, 1.165) is 0 Å². The van der Waals surface area contributed by atoms with Gasteiger partial charge in [0, 0.05) is 11.1 Å². The molecule has 0 aliphatic carbocycles. The highest BCUT2D eigenvalue weighted by Gasteiger charge is 2.20. The molecule has 0 bridgehead atoms. The van der Waals surface area contributed by atoms with Crippen LogP contribution in [-0.2, 0) is 9.53 Å². The van der Waals surface area contributed by atoms with Crippen LogP contribution in [-0.4, -0.2) is 12.6 Å². The van der Waals surface area contributed by atoms with E-state index in [2.05, 4.69) is 0 Å². The van der Waals surface area contributed by atoms with Crippen molar-refractivity contribution in [2.24, 2.45) is 11.1 Å². The molecule has 0 aromatic carbocycles. The molecule has 13 heavy (non-hydrogen) atoms. The van der Waals surface area contributed by atoms with E-state index in [1.165, 1.54) is 0 Å². The summed E-state index contributed by atoms with van der Waals surface area (Å²) in [6.07, 6.45) is 0. The minimum Gasteiger partial charge on any atom is -0.463 e. The molecule has 0 aromatic heterocycles. The van der Waals surface area contributed by atoms with E-state index in [1.54, 1.807) is 13.8 Å². The fraction of sp³-hybridized carbons (Fsp3) is 0.700. The Labute approximate surface area is 79.9 Å². The van der Waals surface area contributed by atoms with E-state index in [-0.39, 0.29) is 11.4 Å². The summed E-state index contributed by atoms with van der Waals surface area (Å²) in [7, 11) is 0. The van der Waals surface area contributed by atoms with Crippen LogP contribution in [0, 0.1) is 5.41 Å². The third-order valence-electron chi connectivity index (χ3n) is 1.79. The maximum atomic E-state index is 11.3. The Balaban J connectivity index is 4.72. The lowest BCUT2D eigenvalue weighted by molar-refractivity contribution is -0.138. The van der Waals surface area contributed by atoms with E-state index >= 15 is 0 Å². The lowest BCUT2D eigenvalue weighted by Gasteiger charge is -2.21. The van der Waals surface area contributed by atoms with Crippen molar-refractivity contribution in [1.82, 2.24) is 0 Å². The molecule has 0 atom stereocenters. The Bertz CT molecular complexity index is 224. The van der Waals surface area contributed by atoms with Crippen LogP contribution in [0.1, 0.15) is 34.6 Å². The first kappa shape index (κ1) is 12.0. The Morgan fingerprint density at radius 3 is 2.15 bits per heavy atom. The van der Waals surface area contributed by atoms with Crippen LogP contribution in [0.2, 0.25) is 0 Å². The van der Waals surface area contributed by atoms with Crippen LogP contribution < -0.4 is 5.73 Å². The Morgan fingerprint density at radius 1 is 1.38 bits per heavy atom. The predicted molar refractivity (Wildman–Crippen MR) is 53.0 cm³/mol. The number of nitrogens with two attached hydrogens (primary N) is 1. The Kier molecular flexibility index (Phi) is 3.98. The zero-order valence-electron chi connectivity index (χ0n) is 9.10. The number of hydrogen-bond acceptors (Lipinski definition) is 3. The molecule has 0 aromatic rings. The topological polar surface area (TPSA) is 52.3 Å². The van der Waals surface area contributed by atoms with Gasteiger partial charge >= 0.3 is 5.97 Å². The van der Waals surface area contributed by atoms with Crippen molar-refractivity contribution in [1.29, 1.82) is 0 Å². The smallest absolute Gasteiger partial charge is 0.335 e. The minimum atomic E-state index is -0.324. The number of carbonyl (C=O) groups excluding carboxylic acids is 1. The lowest BCUT2D eigenvalue weighted by atomic mass is 9.89. The maximum Gasteiger partial charge on any atom is 0.335 e. The first-order valence-electron chi connectivity index (χ1n) is 4.44. The van der Waals surface area contributed by atoms with Gasteiger partial charge in [-0.25, -0.2) is 4.79 Å². The summed E-state index contributed by atoms with van der Waals surface area (Å²) < 4.78 is 4.84. The second-order valence-electron chi connectivity index (χ2n) is 4.01. The molecule has 0 heterocycles.